The van der Waals surface area contributed by atoms with E-state index in [0.29, 0.717) is 21.6 Å². The molecule has 1 amide bonds. The summed E-state index contributed by atoms with van der Waals surface area (Å²) in [5.74, 6) is 0.173. The molecule has 1 aliphatic heterocycles. The minimum absolute atomic E-state index is 0.241. The average Bonchev–Trinajstić information content (AvgIpc) is 2.98. The van der Waals surface area contributed by atoms with Gasteiger partial charge < -0.3 is 10.6 Å². The van der Waals surface area contributed by atoms with Gasteiger partial charge in [0.2, 0.25) is 5.01 Å². The number of anilines is 1. The standard InChI is InChI=1S/C14H15ClN4OS/c15-10-2-1-3-11(8-10)17-12(20)14-19-18-13(21-14)9-4-6-16-7-5-9/h1-3,8-9,16H,4-7H2,(H,17,20). The third kappa shape index (κ3) is 3.58. The molecule has 0 unspecified atom stereocenters. The van der Waals surface area contributed by atoms with Crippen LogP contribution < -0.4 is 10.6 Å². The van der Waals surface area contributed by atoms with E-state index in [1.807, 2.05) is 0 Å². The molecule has 5 nitrogen and oxygen atoms in total. The highest BCUT2D eigenvalue weighted by Crippen LogP contribution is 2.28. The fourth-order valence-corrected chi connectivity index (χ4v) is 3.41. The average molecular weight is 323 g/mol. The van der Waals surface area contributed by atoms with Crippen LogP contribution in [0.25, 0.3) is 0 Å². The van der Waals surface area contributed by atoms with E-state index in [2.05, 4.69) is 20.8 Å². The van der Waals surface area contributed by atoms with E-state index in [4.69, 9.17) is 11.6 Å². The molecular weight excluding hydrogens is 308 g/mol. The first-order valence-electron chi connectivity index (χ1n) is 6.83. The van der Waals surface area contributed by atoms with Gasteiger partial charge in [0.1, 0.15) is 5.01 Å². The lowest BCUT2D eigenvalue weighted by atomic mass is 9.99. The molecule has 1 aromatic carbocycles. The van der Waals surface area contributed by atoms with Gasteiger partial charge in [0, 0.05) is 16.6 Å². The number of aromatic nitrogens is 2. The topological polar surface area (TPSA) is 66.9 Å². The van der Waals surface area contributed by atoms with Crippen LogP contribution in [-0.2, 0) is 0 Å². The number of rotatable bonds is 3. The highest BCUT2D eigenvalue weighted by Gasteiger charge is 2.21. The molecule has 1 fully saturated rings. The maximum Gasteiger partial charge on any atom is 0.286 e. The molecule has 0 radical (unpaired) electrons. The van der Waals surface area contributed by atoms with Gasteiger partial charge in [0.25, 0.3) is 5.91 Å². The SMILES string of the molecule is O=C(Nc1cccc(Cl)c1)c1nnc(C2CCNCC2)s1. The van der Waals surface area contributed by atoms with E-state index in [9.17, 15) is 4.79 Å². The summed E-state index contributed by atoms with van der Waals surface area (Å²) < 4.78 is 0. The van der Waals surface area contributed by atoms with Crippen molar-refractivity contribution in [3.05, 3.63) is 39.3 Å². The van der Waals surface area contributed by atoms with E-state index in [0.717, 1.165) is 30.9 Å². The van der Waals surface area contributed by atoms with E-state index < -0.39 is 0 Å². The van der Waals surface area contributed by atoms with Gasteiger partial charge in [-0.25, -0.2) is 0 Å². The van der Waals surface area contributed by atoms with Crippen molar-refractivity contribution in [1.29, 1.82) is 0 Å². The number of carbonyl (C=O) groups excluding carboxylic acids is 1. The normalized spacial score (nSPS) is 15.9. The second-order valence-corrected chi connectivity index (χ2v) is 6.38. The van der Waals surface area contributed by atoms with Gasteiger partial charge >= 0.3 is 0 Å². The third-order valence-corrected chi connectivity index (χ3v) is 4.73. The van der Waals surface area contributed by atoms with Gasteiger partial charge in [0.15, 0.2) is 0 Å². The Morgan fingerprint density at radius 3 is 2.90 bits per heavy atom. The number of nitrogens with one attached hydrogen (secondary N) is 2. The van der Waals surface area contributed by atoms with Crippen LogP contribution in [0.3, 0.4) is 0 Å². The molecule has 1 saturated heterocycles. The number of hydrogen-bond donors (Lipinski definition) is 2. The lowest BCUT2D eigenvalue weighted by Crippen LogP contribution is -2.26. The summed E-state index contributed by atoms with van der Waals surface area (Å²) in [6.45, 7) is 1.99. The molecule has 1 aliphatic rings. The van der Waals surface area contributed by atoms with Crippen LogP contribution >= 0.6 is 22.9 Å². The summed E-state index contributed by atoms with van der Waals surface area (Å²) >= 11 is 7.27. The Kier molecular flexibility index (Phi) is 4.48. The van der Waals surface area contributed by atoms with Gasteiger partial charge in [-0.3, -0.25) is 4.79 Å². The molecule has 7 heteroatoms. The van der Waals surface area contributed by atoms with Crippen LogP contribution in [-0.4, -0.2) is 29.2 Å². The van der Waals surface area contributed by atoms with Crippen LogP contribution in [0.15, 0.2) is 24.3 Å². The number of piperidine rings is 1. The fraction of sp³-hybridized carbons (Fsp3) is 0.357. The molecule has 2 aromatic rings. The Morgan fingerprint density at radius 2 is 2.14 bits per heavy atom. The zero-order chi connectivity index (χ0) is 14.7. The number of benzene rings is 1. The van der Waals surface area contributed by atoms with E-state index in [-0.39, 0.29) is 5.91 Å². The Labute approximate surface area is 131 Å². The predicted molar refractivity (Wildman–Crippen MR) is 84.2 cm³/mol. The van der Waals surface area contributed by atoms with Crippen molar-refractivity contribution >= 4 is 34.5 Å². The molecule has 0 saturated carbocycles. The summed E-state index contributed by atoms with van der Waals surface area (Å²) in [6, 6.07) is 7.04. The van der Waals surface area contributed by atoms with Crippen molar-refractivity contribution in [2.75, 3.05) is 18.4 Å². The van der Waals surface area contributed by atoms with Gasteiger partial charge in [-0.2, -0.15) is 0 Å². The number of carbonyl (C=O) groups is 1. The summed E-state index contributed by atoms with van der Waals surface area (Å²) in [5, 5.41) is 16.2. The maximum atomic E-state index is 12.2. The molecule has 0 spiro atoms. The Balaban J connectivity index is 1.69. The summed E-state index contributed by atoms with van der Waals surface area (Å²) in [7, 11) is 0. The van der Waals surface area contributed by atoms with Crippen molar-refractivity contribution in [3.63, 3.8) is 0 Å². The first-order chi connectivity index (χ1) is 10.2. The van der Waals surface area contributed by atoms with Gasteiger partial charge in [0.05, 0.1) is 0 Å². The van der Waals surface area contributed by atoms with Crippen LogP contribution in [0.4, 0.5) is 5.69 Å². The molecular formula is C14H15ClN4OS. The van der Waals surface area contributed by atoms with Crippen LogP contribution in [0.5, 0.6) is 0 Å². The van der Waals surface area contributed by atoms with Crippen LogP contribution in [0.1, 0.15) is 33.6 Å². The van der Waals surface area contributed by atoms with E-state index in [1.165, 1.54) is 11.3 Å². The van der Waals surface area contributed by atoms with Crippen molar-refractivity contribution in [1.82, 2.24) is 15.5 Å². The molecule has 21 heavy (non-hydrogen) atoms. The molecule has 110 valence electrons. The van der Waals surface area contributed by atoms with E-state index in [1.54, 1.807) is 24.3 Å². The zero-order valence-electron chi connectivity index (χ0n) is 11.3. The monoisotopic (exact) mass is 322 g/mol. The Morgan fingerprint density at radius 1 is 1.33 bits per heavy atom. The molecule has 0 atom stereocenters. The third-order valence-electron chi connectivity index (χ3n) is 3.41. The van der Waals surface area contributed by atoms with E-state index >= 15 is 0 Å². The summed E-state index contributed by atoms with van der Waals surface area (Å²) in [6.07, 6.45) is 2.09. The highest BCUT2D eigenvalue weighted by molar-refractivity contribution is 7.13. The van der Waals surface area contributed by atoms with Crippen molar-refractivity contribution in [2.24, 2.45) is 0 Å². The number of nitrogens with zero attached hydrogens (tertiary/aromatic N) is 2. The lowest BCUT2D eigenvalue weighted by molar-refractivity contribution is 0.102. The zero-order valence-corrected chi connectivity index (χ0v) is 12.9. The maximum absolute atomic E-state index is 12.2. The fourth-order valence-electron chi connectivity index (χ4n) is 2.31. The van der Waals surface area contributed by atoms with Crippen molar-refractivity contribution in [2.45, 2.75) is 18.8 Å². The highest BCUT2D eigenvalue weighted by atomic mass is 35.5. The first-order valence-corrected chi connectivity index (χ1v) is 8.03. The quantitative estimate of drug-likeness (QED) is 0.911. The van der Waals surface area contributed by atoms with Crippen molar-refractivity contribution in [3.8, 4) is 0 Å². The number of hydrogen-bond acceptors (Lipinski definition) is 5. The molecule has 2 heterocycles. The molecule has 0 bridgehead atoms. The number of halogens is 1. The second kappa shape index (κ2) is 6.51. The smallest absolute Gasteiger partial charge is 0.286 e. The van der Waals surface area contributed by atoms with Crippen molar-refractivity contribution < 1.29 is 4.79 Å². The first kappa shape index (κ1) is 14.4. The minimum Gasteiger partial charge on any atom is -0.320 e. The number of amides is 1. The largest absolute Gasteiger partial charge is 0.320 e. The van der Waals surface area contributed by atoms with Crippen LogP contribution in [0, 0.1) is 0 Å². The van der Waals surface area contributed by atoms with Gasteiger partial charge in [-0.15, -0.1) is 10.2 Å². The van der Waals surface area contributed by atoms with Gasteiger partial charge in [-0.05, 0) is 44.1 Å². The minimum atomic E-state index is -0.241. The Bertz CT molecular complexity index is 639. The molecule has 1 aromatic heterocycles. The second-order valence-electron chi connectivity index (χ2n) is 4.93. The predicted octanol–water partition coefficient (Wildman–Crippen LogP) is 2.91. The lowest BCUT2D eigenvalue weighted by Gasteiger charge is -2.19. The van der Waals surface area contributed by atoms with Gasteiger partial charge in [-0.1, -0.05) is 29.0 Å². The van der Waals surface area contributed by atoms with Crippen LogP contribution in [0.2, 0.25) is 5.02 Å². The Hall–Kier alpha value is -1.50. The summed E-state index contributed by atoms with van der Waals surface area (Å²) in [4.78, 5) is 12.2. The molecule has 3 rings (SSSR count). The molecule has 2 N–H and O–H groups in total. The summed E-state index contributed by atoms with van der Waals surface area (Å²) in [5.41, 5.74) is 0.658. The molecule has 0 aliphatic carbocycles.